The molecule has 2 atom stereocenters. The van der Waals surface area contributed by atoms with Gasteiger partial charge in [-0.3, -0.25) is 14.6 Å². The van der Waals surface area contributed by atoms with E-state index < -0.39 is 0 Å². The average Bonchev–Trinajstić information content (AvgIpc) is 3.28. The van der Waals surface area contributed by atoms with Crippen molar-refractivity contribution in [2.75, 3.05) is 0 Å². The molecule has 1 aliphatic heterocycles. The van der Waals surface area contributed by atoms with E-state index in [4.69, 9.17) is 0 Å². The molecule has 0 radical (unpaired) electrons. The molecule has 3 heterocycles. The lowest BCUT2D eigenvalue weighted by Gasteiger charge is -2.40. The normalized spacial score (nSPS) is 17.9. The monoisotopic (exact) mass is 501 g/mol. The Bertz CT molecular complexity index is 1410. The minimum absolute atomic E-state index is 0.0430. The first-order chi connectivity index (χ1) is 17.4. The Hall–Kier alpha value is -3.45. The van der Waals surface area contributed by atoms with Crippen molar-refractivity contribution in [1.29, 1.82) is 0 Å². The van der Waals surface area contributed by atoms with Gasteiger partial charge in [-0.25, -0.2) is 9.37 Å². The summed E-state index contributed by atoms with van der Waals surface area (Å²) in [6.07, 6.45) is 5.42. The van der Waals surface area contributed by atoms with Crippen LogP contribution in [-0.2, 0) is 0 Å². The Morgan fingerprint density at radius 2 is 1.86 bits per heavy atom. The lowest BCUT2D eigenvalue weighted by Crippen LogP contribution is -2.49. The molecule has 5 rings (SSSR count). The maximum atomic E-state index is 13.9. The fraction of sp³-hybridized carbons (Fsp3) is 0.310. The molecule has 2 aromatic heterocycles. The molecule has 0 spiro atoms. The van der Waals surface area contributed by atoms with Crippen LogP contribution in [0.15, 0.2) is 60.8 Å². The molecule has 0 aliphatic carbocycles. The molecule has 7 heteroatoms. The number of hydrogen-bond donors (Lipinski definition) is 0. The summed E-state index contributed by atoms with van der Waals surface area (Å²) in [4.78, 5) is 38.8. The third kappa shape index (κ3) is 4.80. The van der Waals surface area contributed by atoms with Crippen molar-refractivity contribution in [2.45, 2.75) is 58.0 Å². The summed E-state index contributed by atoms with van der Waals surface area (Å²) in [5, 5.41) is 1.73. The Balaban J connectivity index is 1.39. The predicted octanol–water partition coefficient (Wildman–Crippen LogP) is 6.85. The Labute approximate surface area is 214 Å². The molecular formula is C29H28FN3O2S. The van der Waals surface area contributed by atoms with Crippen molar-refractivity contribution in [3.8, 4) is 10.4 Å². The molecule has 36 heavy (non-hydrogen) atoms. The molecule has 1 saturated heterocycles. The molecule has 0 N–H and O–H groups in total. The van der Waals surface area contributed by atoms with Crippen LogP contribution in [0.1, 0.15) is 64.9 Å². The molecular weight excluding hydrogens is 473 g/mol. The van der Waals surface area contributed by atoms with Gasteiger partial charge < -0.3 is 4.90 Å². The van der Waals surface area contributed by atoms with Gasteiger partial charge in [0.2, 0.25) is 0 Å². The Morgan fingerprint density at radius 3 is 2.67 bits per heavy atom. The fourth-order valence-electron chi connectivity index (χ4n) is 5.19. The third-order valence-electron chi connectivity index (χ3n) is 6.94. The molecule has 1 aliphatic rings. The molecule has 5 nitrogen and oxygen atoms in total. The number of amides is 1. The highest BCUT2D eigenvalue weighted by atomic mass is 32.1. The molecule has 1 fully saturated rings. The van der Waals surface area contributed by atoms with Gasteiger partial charge in [0, 0.05) is 35.7 Å². The summed E-state index contributed by atoms with van der Waals surface area (Å²) >= 11 is 1.44. The number of thiazole rings is 1. The van der Waals surface area contributed by atoms with Crippen molar-refractivity contribution in [1.82, 2.24) is 14.9 Å². The van der Waals surface area contributed by atoms with E-state index in [-0.39, 0.29) is 29.6 Å². The first-order valence-electron chi connectivity index (χ1n) is 12.4. The van der Waals surface area contributed by atoms with E-state index in [9.17, 15) is 14.0 Å². The SMILES string of the molecule is Cc1nc(C(=O)N2C(C)CCCC2CCC(=O)c2cccc3cccnc23)c(-c2ccc(F)cc2)s1. The standard InChI is InChI=1S/C29H28FN3O2S/c1-18-6-3-9-23(15-16-25(34)24-10-4-7-20-8-5-17-31-26(20)24)33(18)29(35)27-28(36-19(2)32-27)21-11-13-22(30)14-12-21/h4-5,7-8,10-14,17-18,23H,3,6,9,15-16H2,1-2H3. The van der Waals surface area contributed by atoms with Gasteiger partial charge in [0.15, 0.2) is 5.78 Å². The number of fused-ring (bicyclic) bond motifs is 1. The summed E-state index contributed by atoms with van der Waals surface area (Å²) in [5.41, 5.74) is 2.54. The third-order valence-corrected chi connectivity index (χ3v) is 7.96. The zero-order valence-electron chi connectivity index (χ0n) is 20.4. The fourth-order valence-corrected chi connectivity index (χ4v) is 6.11. The minimum atomic E-state index is -0.316. The lowest BCUT2D eigenvalue weighted by molar-refractivity contribution is 0.0451. The number of likely N-dealkylation sites (tertiary alicyclic amines) is 1. The number of aromatic nitrogens is 2. The van der Waals surface area contributed by atoms with Gasteiger partial charge in [0.1, 0.15) is 11.5 Å². The van der Waals surface area contributed by atoms with Gasteiger partial charge in [0.05, 0.1) is 15.4 Å². The van der Waals surface area contributed by atoms with Gasteiger partial charge in [-0.2, -0.15) is 0 Å². The smallest absolute Gasteiger partial charge is 0.274 e. The number of halogens is 1. The minimum Gasteiger partial charge on any atom is -0.332 e. The van der Waals surface area contributed by atoms with Crippen LogP contribution in [0.5, 0.6) is 0 Å². The van der Waals surface area contributed by atoms with Crippen molar-refractivity contribution < 1.29 is 14.0 Å². The lowest BCUT2D eigenvalue weighted by atomic mass is 9.91. The number of benzene rings is 2. The van der Waals surface area contributed by atoms with Crippen LogP contribution < -0.4 is 0 Å². The number of carbonyl (C=O) groups is 2. The Morgan fingerprint density at radius 1 is 1.08 bits per heavy atom. The van der Waals surface area contributed by atoms with Crippen LogP contribution in [0.4, 0.5) is 4.39 Å². The number of pyridine rings is 1. The maximum absolute atomic E-state index is 13.9. The quantitative estimate of drug-likeness (QED) is 0.271. The second kappa shape index (κ2) is 10.3. The first kappa shape index (κ1) is 24.3. The topological polar surface area (TPSA) is 63.2 Å². The second-order valence-electron chi connectivity index (χ2n) is 9.41. The van der Waals surface area contributed by atoms with Gasteiger partial charge in [0.25, 0.3) is 5.91 Å². The van der Waals surface area contributed by atoms with Crippen molar-refractivity contribution in [3.05, 3.63) is 82.9 Å². The molecule has 184 valence electrons. The summed E-state index contributed by atoms with van der Waals surface area (Å²) in [7, 11) is 0. The number of ketones is 1. The summed E-state index contributed by atoms with van der Waals surface area (Å²) in [5.74, 6) is -0.389. The second-order valence-corrected chi connectivity index (χ2v) is 10.6. The van der Waals surface area contributed by atoms with Crippen molar-refractivity contribution in [3.63, 3.8) is 0 Å². The van der Waals surface area contributed by atoms with Crippen molar-refractivity contribution >= 4 is 33.9 Å². The van der Waals surface area contributed by atoms with Crippen LogP contribution in [-0.4, -0.2) is 38.6 Å². The molecule has 0 bridgehead atoms. The number of hydrogen-bond acceptors (Lipinski definition) is 5. The molecule has 1 amide bonds. The van der Waals surface area contributed by atoms with Crippen LogP contribution in [0.2, 0.25) is 0 Å². The molecule has 0 saturated carbocycles. The molecule has 2 aromatic carbocycles. The van der Waals surface area contributed by atoms with E-state index in [2.05, 4.69) is 16.9 Å². The van der Waals surface area contributed by atoms with Crippen molar-refractivity contribution in [2.24, 2.45) is 0 Å². The summed E-state index contributed by atoms with van der Waals surface area (Å²) < 4.78 is 13.5. The largest absolute Gasteiger partial charge is 0.332 e. The molecule has 4 aromatic rings. The van der Waals surface area contributed by atoms with E-state index in [1.807, 2.05) is 42.2 Å². The van der Waals surface area contributed by atoms with Crippen LogP contribution in [0.3, 0.4) is 0 Å². The number of para-hydroxylation sites is 1. The van der Waals surface area contributed by atoms with E-state index in [1.54, 1.807) is 18.3 Å². The van der Waals surface area contributed by atoms with Gasteiger partial charge >= 0.3 is 0 Å². The number of aryl methyl sites for hydroxylation is 1. The zero-order valence-corrected chi connectivity index (χ0v) is 21.2. The summed E-state index contributed by atoms with van der Waals surface area (Å²) in [6.45, 7) is 3.94. The number of carbonyl (C=O) groups excluding carboxylic acids is 2. The Kier molecular flexibility index (Phi) is 6.92. The van der Waals surface area contributed by atoms with Gasteiger partial charge in [-0.05, 0) is 69.4 Å². The van der Waals surface area contributed by atoms with Crippen LogP contribution >= 0.6 is 11.3 Å². The highest BCUT2D eigenvalue weighted by Crippen LogP contribution is 2.34. The number of nitrogens with zero attached hydrogens (tertiary/aromatic N) is 3. The number of Topliss-reactive ketones (excluding diaryl/α,β-unsaturated/α-hetero) is 1. The first-order valence-corrected chi connectivity index (χ1v) is 13.2. The average molecular weight is 502 g/mol. The number of piperidine rings is 1. The van der Waals surface area contributed by atoms with Crippen LogP contribution in [0, 0.1) is 12.7 Å². The zero-order chi connectivity index (χ0) is 25.2. The highest BCUT2D eigenvalue weighted by Gasteiger charge is 2.35. The van der Waals surface area contributed by atoms with E-state index >= 15 is 0 Å². The molecule has 2 unspecified atom stereocenters. The van der Waals surface area contributed by atoms with E-state index in [1.165, 1.54) is 23.5 Å². The highest BCUT2D eigenvalue weighted by molar-refractivity contribution is 7.15. The van der Waals surface area contributed by atoms with Gasteiger partial charge in [-0.1, -0.05) is 30.3 Å². The summed E-state index contributed by atoms with van der Waals surface area (Å²) in [6, 6.07) is 15.7. The predicted molar refractivity (Wildman–Crippen MR) is 141 cm³/mol. The van der Waals surface area contributed by atoms with E-state index in [0.717, 1.165) is 45.6 Å². The maximum Gasteiger partial charge on any atom is 0.274 e. The van der Waals surface area contributed by atoms with Gasteiger partial charge in [-0.15, -0.1) is 11.3 Å². The van der Waals surface area contributed by atoms with E-state index in [0.29, 0.717) is 24.1 Å². The number of rotatable bonds is 6. The van der Waals surface area contributed by atoms with Crippen LogP contribution in [0.25, 0.3) is 21.3 Å².